The molecule has 1 aromatic rings. The number of carbonyl (C=O) groups excluding carboxylic acids is 1. The number of aromatic nitrogens is 1. The minimum Gasteiger partial charge on any atom is -0.373 e. The average Bonchev–Trinajstić information content (AvgIpc) is 2.36. The molecule has 0 aliphatic carbocycles. The van der Waals surface area contributed by atoms with Crippen LogP contribution in [0.15, 0.2) is 18.2 Å². The summed E-state index contributed by atoms with van der Waals surface area (Å²) in [7, 11) is 1.82. The lowest BCUT2D eigenvalue weighted by atomic mass is 10.2. The molecule has 18 heavy (non-hydrogen) atoms. The molecule has 1 aromatic heterocycles. The van der Waals surface area contributed by atoms with Crippen molar-refractivity contribution in [2.24, 2.45) is 5.92 Å². The maximum atomic E-state index is 11.5. The number of rotatable bonds is 7. The van der Waals surface area contributed by atoms with Crippen molar-refractivity contribution in [3.8, 4) is 0 Å². The van der Waals surface area contributed by atoms with E-state index in [0.29, 0.717) is 18.9 Å². The van der Waals surface area contributed by atoms with Gasteiger partial charge in [0.2, 0.25) is 5.91 Å². The minimum absolute atomic E-state index is 0.0703. The fourth-order valence-electron chi connectivity index (χ4n) is 1.38. The van der Waals surface area contributed by atoms with Gasteiger partial charge in [-0.1, -0.05) is 19.9 Å². The van der Waals surface area contributed by atoms with Gasteiger partial charge in [0.15, 0.2) is 0 Å². The lowest BCUT2D eigenvalue weighted by Crippen LogP contribution is -2.28. The van der Waals surface area contributed by atoms with Crippen molar-refractivity contribution in [1.82, 2.24) is 10.3 Å². The summed E-state index contributed by atoms with van der Waals surface area (Å²) < 4.78 is 0. The molecule has 0 spiro atoms. The molecule has 100 valence electrons. The number of carbonyl (C=O) groups is 1. The standard InChI is InChI=1S/C13H22N4O/c1-10(2)9-16-13(18)7-8-15-12-6-4-5-11(14-3)17-12/h4-6,10H,7-9H2,1-3H3,(H,16,18)(H2,14,15,17). The highest BCUT2D eigenvalue weighted by molar-refractivity contribution is 5.76. The Labute approximate surface area is 108 Å². The lowest BCUT2D eigenvalue weighted by molar-refractivity contribution is -0.120. The van der Waals surface area contributed by atoms with E-state index in [1.165, 1.54) is 0 Å². The maximum absolute atomic E-state index is 11.5. The second-order valence-corrected chi connectivity index (χ2v) is 4.53. The van der Waals surface area contributed by atoms with Crippen molar-refractivity contribution in [3.05, 3.63) is 18.2 Å². The van der Waals surface area contributed by atoms with Crippen molar-refractivity contribution >= 4 is 17.5 Å². The third kappa shape index (κ3) is 5.52. The van der Waals surface area contributed by atoms with Gasteiger partial charge in [-0.15, -0.1) is 0 Å². The van der Waals surface area contributed by atoms with Gasteiger partial charge >= 0.3 is 0 Å². The van der Waals surface area contributed by atoms with E-state index in [9.17, 15) is 4.79 Å². The highest BCUT2D eigenvalue weighted by Gasteiger charge is 2.02. The average molecular weight is 250 g/mol. The van der Waals surface area contributed by atoms with Gasteiger partial charge in [0.1, 0.15) is 11.6 Å². The van der Waals surface area contributed by atoms with Crippen LogP contribution in [0.5, 0.6) is 0 Å². The van der Waals surface area contributed by atoms with Crippen molar-refractivity contribution in [2.75, 3.05) is 30.8 Å². The summed E-state index contributed by atoms with van der Waals surface area (Å²) in [5, 5.41) is 8.97. The van der Waals surface area contributed by atoms with Gasteiger partial charge in [0, 0.05) is 26.6 Å². The summed E-state index contributed by atoms with van der Waals surface area (Å²) >= 11 is 0. The van der Waals surface area contributed by atoms with Gasteiger partial charge < -0.3 is 16.0 Å². The predicted molar refractivity (Wildman–Crippen MR) is 74.7 cm³/mol. The van der Waals surface area contributed by atoms with Crippen LogP contribution in [0.25, 0.3) is 0 Å². The summed E-state index contributed by atoms with van der Waals surface area (Å²) in [5.41, 5.74) is 0. The zero-order chi connectivity index (χ0) is 13.4. The first kappa shape index (κ1) is 14.3. The molecule has 0 aliphatic rings. The van der Waals surface area contributed by atoms with Crippen LogP contribution in [0.2, 0.25) is 0 Å². The third-order valence-corrected chi connectivity index (χ3v) is 2.37. The van der Waals surface area contributed by atoms with E-state index in [0.717, 1.165) is 18.2 Å². The zero-order valence-electron chi connectivity index (χ0n) is 11.3. The summed E-state index contributed by atoms with van der Waals surface area (Å²) in [4.78, 5) is 15.8. The number of pyridine rings is 1. The fraction of sp³-hybridized carbons (Fsp3) is 0.538. The van der Waals surface area contributed by atoms with Gasteiger partial charge in [-0.05, 0) is 18.1 Å². The maximum Gasteiger partial charge on any atom is 0.221 e. The Balaban J connectivity index is 2.26. The molecule has 1 rings (SSSR count). The molecular weight excluding hydrogens is 228 g/mol. The van der Waals surface area contributed by atoms with Crippen LogP contribution in [-0.2, 0) is 4.79 Å². The van der Waals surface area contributed by atoms with Crippen LogP contribution in [0.3, 0.4) is 0 Å². The normalized spacial score (nSPS) is 10.2. The largest absolute Gasteiger partial charge is 0.373 e. The number of anilines is 2. The summed E-state index contributed by atoms with van der Waals surface area (Å²) in [6.07, 6.45) is 0.457. The molecule has 0 saturated heterocycles. The molecule has 5 heteroatoms. The Bertz CT molecular complexity index is 379. The fourth-order valence-corrected chi connectivity index (χ4v) is 1.38. The minimum atomic E-state index is 0.0703. The quantitative estimate of drug-likeness (QED) is 0.689. The first-order chi connectivity index (χ1) is 8.61. The lowest BCUT2D eigenvalue weighted by Gasteiger charge is -2.09. The SMILES string of the molecule is CNc1cccc(NCCC(=O)NCC(C)C)n1. The Kier molecular flexibility index (Phi) is 5.97. The topological polar surface area (TPSA) is 66.0 Å². The Morgan fingerprint density at radius 1 is 1.33 bits per heavy atom. The van der Waals surface area contributed by atoms with Gasteiger partial charge in [-0.25, -0.2) is 4.98 Å². The van der Waals surface area contributed by atoms with Crippen molar-refractivity contribution in [2.45, 2.75) is 20.3 Å². The van der Waals surface area contributed by atoms with E-state index in [1.54, 1.807) is 0 Å². The van der Waals surface area contributed by atoms with Gasteiger partial charge in [-0.2, -0.15) is 0 Å². The van der Waals surface area contributed by atoms with Crippen LogP contribution < -0.4 is 16.0 Å². The summed E-state index contributed by atoms with van der Waals surface area (Å²) in [6, 6.07) is 5.69. The number of amides is 1. The van der Waals surface area contributed by atoms with Crippen LogP contribution >= 0.6 is 0 Å². The van der Waals surface area contributed by atoms with E-state index in [4.69, 9.17) is 0 Å². The Morgan fingerprint density at radius 3 is 2.72 bits per heavy atom. The highest BCUT2D eigenvalue weighted by Crippen LogP contribution is 2.07. The Morgan fingerprint density at radius 2 is 2.06 bits per heavy atom. The highest BCUT2D eigenvalue weighted by atomic mass is 16.1. The molecule has 3 N–H and O–H groups in total. The van der Waals surface area contributed by atoms with E-state index >= 15 is 0 Å². The van der Waals surface area contributed by atoms with Crippen LogP contribution in [-0.4, -0.2) is 31.0 Å². The van der Waals surface area contributed by atoms with Crippen LogP contribution in [0, 0.1) is 5.92 Å². The summed E-state index contributed by atoms with van der Waals surface area (Å²) in [5.74, 6) is 2.14. The van der Waals surface area contributed by atoms with E-state index < -0.39 is 0 Å². The molecular formula is C13H22N4O. The number of nitrogens with one attached hydrogen (secondary N) is 3. The van der Waals surface area contributed by atoms with Gasteiger partial charge in [-0.3, -0.25) is 4.79 Å². The van der Waals surface area contributed by atoms with E-state index in [2.05, 4.69) is 34.8 Å². The monoisotopic (exact) mass is 250 g/mol. The number of hydrogen-bond donors (Lipinski definition) is 3. The second kappa shape index (κ2) is 7.53. The van der Waals surface area contributed by atoms with Crippen LogP contribution in [0.1, 0.15) is 20.3 Å². The smallest absolute Gasteiger partial charge is 0.221 e. The molecule has 0 aliphatic heterocycles. The molecule has 0 radical (unpaired) electrons. The number of hydrogen-bond acceptors (Lipinski definition) is 4. The second-order valence-electron chi connectivity index (χ2n) is 4.53. The van der Waals surface area contributed by atoms with Crippen LogP contribution in [0.4, 0.5) is 11.6 Å². The molecule has 1 heterocycles. The van der Waals surface area contributed by atoms with Crippen molar-refractivity contribution in [3.63, 3.8) is 0 Å². The Hall–Kier alpha value is -1.78. The molecule has 0 fully saturated rings. The number of nitrogens with zero attached hydrogens (tertiary/aromatic N) is 1. The molecule has 0 saturated carbocycles. The molecule has 0 aromatic carbocycles. The van der Waals surface area contributed by atoms with E-state index in [-0.39, 0.29) is 5.91 Å². The van der Waals surface area contributed by atoms with Crippen molar-refractivity contribution in [1.29, 1.82) is 0 Å². The molecule has 0 bridgehead atoms. The molecule has 5 nitrogen and oxygen atoms in total. The first-order valence-electron chi connectivity index (χ1n) is 6.27. The van der Waals surface area contributed by atoms with E-state index in [1.807, 2.05) is 25.2 Å². The van der Waals surface area contributed by atoms with Gasteiger partial charge in [0.05, 0.1) is 0 Å². The first-order valence-corrected chi connectivity index (χ1v) is 6.27. The van der Waals surface area contributed by atoms with Crippen molar-refractivity contribution < 1.29 is 4.79 Å². The molecule has 0 unspecified atom stereocenters. The molecule has 0 atom stereocenters. The molecule has 1 amide bonds. The van der Waals surface area contributed by atoms with Gasteiger partial charge in [0.25, 0.3) is 0 Å². The zero-order valence-corrected chi connectivity index (χ0v) is 11.3. The summed E-state index contributed by atoms with van der Waals surface area (Å²) in [6.45, 7) is 5.47. The third-order valence-electron chi connectivity index (χ3n) is 2.37. The predicted octanol–water partition coefficient (Wildman–Crippen LogP) is 1.70.